The third kappa shape index (κ3) is 5.96. The number of benzene rings is 1. The van der Waals surface area contributed by atoms with Gasteiger partial charge in [0, 0.05) is 18.9 Å². The molecule has 0 aliphatic rings. The molecule has 9 nitrogen and oxygen atoms in total. The Bertz CT molecular complexity index is 950. The molecule has 2 aromatic heterocycles. The molecule has 1 amide bonds. The molecule has 0 aliphatic heterocycles. The van der Waals surface area contributed by atoms with Crippen molar-refractivity contribution < 1.29 is 23.8 Å². The smallest absolute Gasteiger partial charge is 0.365 e. The minimum Gasteiger partial charge on any atom is -0.422 e. The van der Waals surface area contributed by atoms with Gasteiger partial charge < -0.3 is 19.5 Å². The number of anilines is 1. The number of thiophene rings is 1. The van der Waals surface area contributed by atoms with E-state index in [1.54, 1.807) is 30.3 Å². The highest BCUT2D eigenvalue weighted by molar-refractivity contribution is 7.12. The zero-order valence-corrected chi connectivity index (χ0v) is 17.4. The van der Waals surface area contributed by atoms with Crippen molar-refractivity contribution >= 4 is 28.9 Å². The standard InChI is InChI=1S/C20H22N4O5S/c1-3-27-18(28-4-2)13-24-12-16(22-23-24)20(26)29-15-9-7-14(8-10-15)21-19(25)17-6-5-11-30-17/h5-12,18H,3-4,13H2,1-2H3,(H,21,25). The first-order valence-corrected chi connectivity index (χ1v) is 10.3. The summed E-state index contributed by atoms with van der Waals surface area (Å²) < 4.78 is 17.7. The molecule has 0 bridgehead atoms. The molecule has 0 spiro atoms. The average Bonchev–Trinajstić information content (AvgIpc) is 3.42. The van der Waals surface area contributed by atoms with Gasteiger partial charge in [-0.2, -0.15) is 0 Å². The van der Waals surface area contributed by atoms with Gasteiger partial charge in [-0.15, -0.1) is 16.4 Å². The lowest BCUT2D eigenvalue weighted by atomic mass is 10.3. The van der Waals surface area contributed by atoms with Gasteiger partial charge in [0.15, 0.2) is 12.0 Å². The number of esters is 1. The summed E-state index contributed by atoms with van der Waals surface area (Å²) in [6.45, 7) is 5.04. The SMILES string of the molecule is CCOC(Cn1cc(C(=O)Oc2ccc(NC(=O)c3cccs3)cc2)nn1)OCC. The van der Waals surface area contributed by atoms with Gasteiger partial charge in [-0.3, -0.25) is 4.79 Å². The van der Waals surface area contributed by atoms with E-state index in [2.05, 4.69) is 15.6 Å². The molecule has 3 aromatic rings. The minimum absolute atomic E-state index is 0.0665. The van der Waals surface area contributed by atoms with Crippen LogP contribution in [0.2, 0.25) is 0 Å². The third-order valence-electron chi connectivity index (χ3n) is 3.86. The van der Waals surface area contributed by atoms with Crippen LogP contribution in [0.4, 0.5) is 5.69 Å². The fourth-order valence-corrected chi connectivity index (χ4v) is 3.14. The number of rotatable bonds is 10. The molecule has 0 fully saturated rings. The number of nitrogens with one attached hydrogen (secondary N) is 1. The van der Waals surface area contributed by atoms with Crippen LogP contribution < -0.4 is 10.1 Å². The zero-order valence-electron chi connectivity index (χ0n) is 16.6. The number of carbonyl (C=O) groups excluding carboxylic acids is 2. The summed E-state index contributed by atoms with van der Waals surface area (Å²) in [6, 6.07) is 10.0. The highest BCUT2D eigenvalue weighted by Gasteiger charge is 2.16. The molecule has 0 aliphatic carbocycles. The Morgan fingerprint density at radius 2 is 1.87 bits per heavy atom. The molecule has 0 unspecified atom stereocenters. The van der Waals surface area contributed by atoms with E-state index in [-0.39, 0.29) is 11.6 Å². The molecular formula is C20H22N4O5S. The molecule has 30 heavy (non-hydrogen) atoms. The molecule has 1 N–H and O–H groups in total. The Labute approximate surface area is 177 Å². The maximum atomic E-state index is 12.3. The lowest BCUT2D eigenvalue weighted by Crippen LogP contribution is -2.24. The normalized spacial score (nSPS) is 10.9. The molecule has 0 radical (unpaired) electrons. The first-order chi connectivity index (χ1) is 14.6. The van der Waals surface area contributed by atoms with E-state index in [0.29, 0.717) is 36.1 Å². The Kier molecular flexibility index (Phi) is 7.66. The number of hydrogen-bond donors (Lipinski definition) is 1. The molecule has 0 saturated heterocycles. The van der Waals surface area contributed by atoms with Crippen molar-refractivity contribution in [1.82, 2.24) is 15.0 Å². The van der Waals surface area contributed by atoms with Gasteiger partial charge in [0.05, 0.1) is 17.6 Å². The van der Waals surface area contributed by atoms with Gasteiger partial charge in [-0.25, -0.2) is 9.48 Å². The van der Waals surface area contributed by atoms with Gasteiger partial charge in [-0.1, -0.05) is 11.3 Å². The van der Waals surface area contributed by atoms with Crippen LogP contribution in [0.5, 0.6) is 5.75 Å². The summed E-state index contributed by atoms with van der Waals surface area (Å²) in [4.78, 5) is 25.0. The maximum Gasteiger partial charge on any atom is 0.365 e. The van der Waals surface area contributed by atoms with Crippen LogP contribution in [-0.2, 0) is 16.0 Å². The Hall–Kier alpha value is -3.08. The molecule has 3 rings (SSSR count). The summed E-state index contributed by atoms with van der Waals surface area (Å²) in [7, 11) is 0. The van der Waals surface area contributed by atoms with E-state index in [9.17, 15) is 9.59 Å². The van der Waals surface area contributed by atoms with Crippen molar-refractivity contribution in [3.8, 4) is 5.75 Å². The van der Waals surface area contributed by atoms with E-state index >= 15 is 0 Å². The Morgan fingerprint density at radius 1 is 1.13 bits per heavy atom. The second kappa shape index (κ2) is 10.6. The Morgan fingerprint density at radius 3 is 2.50 bits per heavy atom. The minimum atomic E-state index is -0.638. The number of aromatic nitrogens is 3. The summed E-state index contributed by atoms with van der Waals surface area (Å²) >= 11 is 1.36. The molecule has 2 heterocycles. The topological polar surface area (TPSA) is 105 Å². The molecule has 10 heteroatoms. The zero-order chi connectivity index (χ0) is 21.3. The highest BCUT2D eigenvalue weighted by Crippen LogP contribution is 2.18. The lowest BCUT2D eigenvalue weighted by molar-refractivity contribution is -0.145. The van der Waals surface area contributed by atoms with E-state index in [4.69, 9.17) is 14.2 Å². The van der Waals surface area contributed by atoms with E-state index in [1.165, 1.54) is 22.2 Å². The van der Waals surface area contributed by atoms with E-state index in [0.717, 1.165) is 0 Å². The van der Waals surface area contributed by atoms with Crippen molar-refractivity contribution in [1.29, 1.82) is 0 Å². The van der Waals surface area contributed by atoms with Gasteiger partial charge in [0.1, 0.15) is 5.75 Å². The number of ether oxygens (including phenoxy) is 3. The van der Waals surface area contributed by atoms with E-state index in [1.807, 2.05) is 25.3 Å². The van der Waals surface area contributed by atoms with Crippen LogP contribution in [0.1, 0.15) is 34.0 Å². The molecular weight excluding hydrogens is 408 g/mol. The fourth-order valence-electron chi connectivity index (χ4n) is 2.53. The van der Waals surface area contributed by atoms with Gasteiger partial charge in [-0.05, 0) is 49.6 Å². The number of amides is 1. The molecule has 0 atom stereocenters. The predicted molar refractivity (Wildman–Crippen MR) is 111 cm³/mol. The first kappa shape index (κ1) is 21.6. The highest BCUT2D eigenvalue weighted by atomic mass is 32.1. The molecule has 158 valence electrons. The van der Waals surface area contributed by atoms with Gasteiger partial charge in [0.2, 0.25) is 0 Å². The molecule has 0 saturated carbocycles. The maximum absolute atomic E-state index is 12.3. The van der Waals surface area contributed by atoms with Crippen LogP contribution in [0.3, 0.4) is 0 Å². The second-order valence-corrected chi connectivity index (χ2v) is 6.96. The third-order valence-corrected chi connectivity index (χ3v) is 4.73. The van der Waals surface area contributed by atoms with Crippen LogP contribution in [0.15, 0.2) is 48.0 Å². The van der Waals surface area contributed by atoms with Crippen molar-refractivity contribution in [2.75, 3.05) is 18.5 Å². The van der Waals surface area contributed by atoms with Gasteiger partial charge >= 0.3 is 5.97 Å². The summed E-state index contributed by atoms with van der Waals surface area (Å²) in [5, 5.41) is 12.4. The summed E-state index contributed by atoms with van der Waals surface area (Å²) in [5.74, 6) is -0.505. The average molecular weight is 430 g/mol. The quantitative estimate of drug-likeness (QED) is 0.299. The number of hydrogen-bond acceptors (Lipinski definition) is 8. The summed E-state index contributed by atoms with van der Waals surface area (Å²) in [6.07, 6.45) is 1.01. The Balaban J connectivity index is 1.55. The van der Waals surface area contributed by atoms with Crippen LogP contribution in [0.25, 0.3) is 0 Å². The van der Waals surface area contributed by atoms with E-state index < -0.39 is 12.3 Å². The van der Waals surface area contributed by atoms with Crippen LogP contribution >= 0.6 is 11.3 Å². The van der Waals surface area contributed by atoms with Crippen molar-refractivity contribution in [3.63, 3.8) is 0 Å². The number of carbonyl (C=O) groups is 2. The van der Waals surface area contributed by atoms with Crippen molar-refractivity contribution in [2.45, 2.75) is 26.7 Å². The van der Waals surface area contributed by atoms with Crippen molar-refractivity contribution in [2.24, 2.45) is 0 Å². The lowest BCUT2D eigenvalue weighted by Gasteiger charge is -2.16. The molecule has 1 aromatic carbocycles. The largest absolute Gasteiger partial charge is 0.422 e. The predicted octanol–water partition coefficient (Wildman–Crippen LogP) is 3.21. The van der Waals surface area contributed by atoms with Crippen LogP contribution in [-0.4, -0.2) is 46.4 Å². The van der Waals surface area contributed by atoms with Crippen molar-refractivity contribution in [3.05, 3.63) is 58.5 Å². The monoisotopic (exact) mass is 430 g/mol. The van der Waals surface area contributed by atoms with Crippen LogP contribution in [0, 0.1) is 0 Å². The fraction of sp³-hybridized carbons (Fsp3) is 0.300. The summed E-state index contributed by atoms with van der Waals surface area (Å²) in [5.41, 5.74) is 0.661. The first-order valence-electron chi connectivity index (χ1n) is 9.39. The second-order valence-electron chi connectivity index (χ2n) is 6.01. The number of nitrogens with zero attached hydrogens (tertiary/aromatic N) is 3. The van der Waals surface area contributed by atoms with Gasteiger partial charge in [0.25, 0.3) is 5.91 Å².